The second-order valence-electron chi connectivity index (χ2n) is 8.16. The number of methoxy groups -OCH3 is 2. The number of aromatic nitrogens is 2. The Hall–Kier alpha value is -2.83. The SMILES string of the molecule is COc1cccc(CN2CCCC(NCc3ccc(OC)c(Cn4cccn4)c3)C2)c1. The Kier molecular flexibility index (Phi) is 7.22. The molecule has 0 radical (unpaired) electrons. The largest absolute Gasteiger partial charge is 0.497 e. The molecule has 2 aromatic carbocycles. The number of hydrogen-bond donors (Lipinski definition) is 1. The van der Waals surface area contributed by atoms with Gasteiger partial charge < -0.3 is 14.8 Å². The maximum atomic E-state index is 5.55. The first-order valence-electron chi connectivity index (χ1n) is 11.0. The standard InChI is InChI=1S/C25H32N4O2/c1-30-24-8-3-6-21(15-24)17-28-12-4-7-23(19-28)26-16-20-9-10-25(31-2)22(14-20)18-29-13-5-11-27-29/h3,5-6,8-11,13-15,23,26H,4,7,12,16-19H2,1-2H3. The first-order chi connectivity index (χ1) is 15.2. The van der Waals surface area contributed by atoms with Crippen LogP contribution in [0.25, 0.3) is 0 Å². The lowest BCUT2D eigenvalue weighted by atomic mass is 10.0. The Bertz CT molecular complexity index is 958. The first-order valence-corrected chi connectivity index (χ1v) is 11.0. The molecule has 1 fully saturated rings. The number of ether oxygens (including phenoxy) is 2. The molecular formula is C25H32N4O2. The van der Waals surface area contributed by atoms with Gasteiger partial charge in [0.1, 0.15) is 11.5 Å². The molecule has 3 aromatic rings. The lowest BCUT2D eigenvalue weighted by Gasteiger charge is -2.33. The maximum absolute atomic E-state index is 5.55. The molecule has 0 spiro atoms. The molecule has 2 heterocycles. The van der Waals surface area contributed by atoms with E-state index in [0.29, 0.717) is 12.6 Å². The zero-order valence-electron chi connectivity index (χ0n) is 18.5. The van der Waals surface area contributed by atoms with Crippen molar-refractivity contribution in [3.63, 3.8) is 0 Å². The van der Waals surface area contributed by atoms with Crippen molar-refractivity contribution in [3.8, 4) is 11.5 Å². The van der Waals surface area contributed by atoms with Gasteiger partial charge in [0, 0.05) is 43.6 Å². The van der Waals surface area contributed by atoms with Gasteiger partial charge in [-0.3, -0.25) is 9.58 Å². The lowest BCUT2D eigenvalue weighted by Crippen LogP contribution is -2.45. The van der Waals surface area contributed by atoms with Gasteiger partial charge in [0.05, 0.1) is 20.8 Å². The van der Waals surface area contributed by atoms with Gasteiger partial charge in [0.15, 0.2) is 0 Å². The van der Waals surface area contributed by atoms with E-state index in [2.05, 4.69) is 51.7 Å². The van der Waals surface area contributed by atoms with Crippen LogP contribution in [0.3, 0.4) is 0 Å². The minimum atomic E-state index is 0.496. The zero-order chi connectivity index (χ0) is 21.5. The zero-order valence-corrected chi connectivity index (χ0v) is 18.5. The summed E-state index contributed by atoms with van der Waals surface area (Å²) >= 11 is 0. The number of nitrogens with one attached hydrogen (secondary N) is 1. The van der Waals surface area contributed by atoms with Gasteiger partial charge in [-0.1, -0.05) is 18.2 Å². The number of rotatable bonds is 9. The van der Waals surface area contributed by atoms with E-state index in [1.807, 2.05) is 23.0 Å². The molecule has 0 aliphatic carbocycles. The Morgan fingerprint density at radius 1 is 1.03 bits per heavy atom. The molecule has 164 valence electrons. The molecular weight excluding hydrogens is 388 g/mol. The third-order valence-electron chi connectivity index (χ3n) is 5.88. The van der Waals surface area contributed by atoms with Crippen molar-refractivity contribution in [1.82, 2.24) is 20.0 Å². The van der Waals surface area contributed by atoms with Crippen LogP contribution in [-0.4, -0.2) is 48.0 Å². The van der Waals surface area contributed by atoms with Crippen molar-refractivity contribution in [2.75, 3.05) is 27.3 Å². The highest BCUT2D eigenvalue weighted by Gasteiger charge is 2.20. The number of nitrogens with zero attached hydrogens (tertiary/aromatic N) is 3. The third kappa shape index (κ3) is 5.87. The summed E-state index contributed by atoms with van der Waals surface area (Å²) in [6, 6.07) is 17.3. The molecule has 1 unspecified atom stereocenters. The Morgan fingerprint density at radius 2 is 1.97 bits per heavy atom. The summed E-state index contributed by atoms with van der Waals surface area (Å²) < 4.78 is 12.8. The molecule has 1 aliphatic heterocycles. The predicted octanol–water partition coefficient (Wildman–Crippen LogP) is 3.70. The molecule has 4 rings (SSSR count). The van der Waals surface area contributed by atoms with E-state index < -0.39 is 0 Å². The smallest absolute Gasteiger partial charge is 0.123 e. The molecule has 6 nitrogen and oxygen atoms in total. The van der Waals surface area contributed by atoms with Crippen LogP contribution in [0.5, 0.6) is 11.5 Å². The quantitative estimate of drug-likeness (QED) is 0.572. The van der Waals surface area contributed by atoms with Gasteiger partial charge in [-0.25, -0.2) is 0 Å². The van der Waals surface area contributed by atoms with Gasteiger partial charge in [-0.2, -0.15) is 5.10 Å². The van der Waals surface area contributed by atoms with Gasteiger partial charge in [0.25, 0.3) is 0 Å². The van der Waals surface area contributed by atoms with Crippen molar-refractivity contribution in [2.45, 2.75) is 38.5 Å². The average Bonchev–Trinajstić information content (AvgIpc) is 3.31. The summed E-state index contributed by atoms with van der Waals surface area (Å²) in [6.07, 6.45) is 6.21. The topological polar surface area (TPSA) is 51.6 Å². The summed E-state index contributed by atoms with van der Waals surface area (Å²) in [6.45, 7) is 4.74. The Balaban J connectivity index is 1.34. The fourth-order valence-corrected chi connectivity index (χ4v) is 4.29. The van der Waals surface area contributed by atoms with E-state index in [1.165, 1.54) is 24.0 Å². The molecule has 1 saturated heterocycles. The molecule has 1 aliphatic rings. The average molecular weight is 421 g/mol. The van der Waals surface area contributed by atoms with Crippen molar-refractivity contribution >= 4 is 0 Å². The van der Waals surface area contributed by atoms with Crippen molar-refractivity contribution in [3.05, 3.63) is 77.6 Å². The third-order valence-corrected chi connectivity index (χ3v) is 5.88. The fraction of sp³-hybridized carbons (Fsp3) is 0.400. The van der Waals surface area contributed by atoms with Crippen LogP contribution < -0.4 is 14.8 Å². The van der Waals surface area contributed by atoms with Gasteiger partial charge in [-0.15, -0.1) is 0 Å². The molecule has 0 amide bonds. The van der Waals surface area contributed by atoms with Crippen LogP contribution in [0.1, 0.15) is 29.5 Å². The molecule has 6 heteroatoms. The first kappa shape index (κ1) is 21.4. The number of hydrogen-bond acceptors (Lipinski definition) is 5. The highest BCUT2D eigenvalue weighted by Crippen LogP contribution is 2.22. The van der Waals surface area contributed by atoms with Crippen LogP contribution in [0, 0.1) is 0 Å². The summed E-state index contributed by atoms with van der Waals surface area (Å²) in [4.78, 5) is 2.53. The molecule has 1 aromatic heterocycles. The minimum absolute atomic E-state index is 0.496. The normalized spacial score (nSPS) is 16.9. The van der Waals surface area contributed by atoms with Crippen LogP contribution in [0.2, 0.25) is 0 Å². The van der Waals surface area contributed by atoms with Gasteiger partial charge in [-0.05, 0) is 60.8 Å². The summed E-state index contributed by atoms with van der Waals surface area (Å²) in [7, 11) is 3.44. The van der Waals surface area contributed by atoms with Crippen molar-refractivity contribution in [1.29, 1.82) is 0 Å². The number of likely N-dealkylation sites (tertiary alicyclic amines) is 1. The Morgan fingerprint density at radius 3 is 2.77 bits per heavy atom. The van der Waals surface area contributed by atoms with E-state index in [1.54, 1.807) is 20.4 Å². The molecule has 1 N–H and O–H groups in total. The van der Waals surface area contributed by atoms with Crippen LogP contribution in [0.15, 0.2) is 60.9 Å². The Labute approximate surface area is 184 Å². The summed E-state index contributed by atoms with van der Waals surface area (Å²) in [5, 5.41) is 8.09. The fourth-order valence-electron chi connectivity index (χ4n) is 4.29. The number of piperidine rings is 1. The van der Waals surface area contributed by atoms with E-state index in [9.17, 15) is 0 Å². The highest BCUT2D eigenvalue weighted by atomic mass is 16.5. The molecule has 1 atom stereocenters. The van der Waals surface area contributed by atoms with E-state index >= 15 is 0 Å². The highest BCUT2D eigenvalue weighted by molar-refractivity contribution is 5.37. The van der Waals surface area contributed by atoms with Gasteiger partial charge >= 0.3 is 0 Å². The van der Waals surface area contributed by atoms with E-state index in [4.69, 9.17) is 9.47 Å². The van der Waals surface area contributed by atoms with E-state index in [-0.39, 0.29) is 0 Å². The molecule has 0 saturated carbocycles. The minimum Gasteiger partial charge on any atom is -0.497 e. The second kappa shape index (κ2) is 10.5. The molecule has 31 heavy (non-hydrogen) atoms. The summed E-state index contributed by atoms with van der Waals surface area (Å²) in [5.74, 6) is 1.83. The second-order valence-corrected chi connectivity index (χ2v) is 8.16. The summed E-state index contributed by atoms with van der Waals surface area (Å²) in [5.41, 5.74) is 3.72. The van der Waals surface area contributed by atoms with Crippen LogP contribution in [-0.2, 0) is 19.6 Å². The maximum Gasteiger partial charge on any atom is 0.123 e. The van der Waals surface area contributed by atoms with Crippen molar-refractivity contribution < 1.29 is 9.47 Å². The monoisotopic (exact) mass is 420 g/mol. The van der Waals surface area contributed by atoms with Gasteiger partial charge in [0.2, 0.25) is 0 Å². The lowest BCUT2D eigenvalue weighted by molar-refractivity contribution is 0.182. The number of benzene rings is 2. The predicted molar refractivity (Wildman–Crippen MR) is 122 cm³/mol. The van der Waals surface area contributed by atoms with Crippen LogP contribution >= 0.6 is 0 Å². The van der Waals surface area contributed by atoms with E-state index in [0.717, 1.165) is 43.2 Å². The van der Waals surface area contributed by atoms with Crippen LogP contribution in [0.4, 0.5) is 0 Å². The van der Waals surface area contributed by atoms with Crippen molar-refractivity contribution in [2.24, 2.45) is 0 Å². The molecule has 0 bridgehead atoms.